The van der Waals surface area contributed by atoms with Crippen molar-refractivity contribution in [1.82, 2.24) is 10.2 Å². The zero-order chi connectivity index (χ0) is 15.4. The van der Waals surface area contributed by atoms with Crippen molar-refractivity contribution in [1.29, 1.82) is 0 Å². The molecule has 2 aliphatic rings. The topological polar surface area (TPSA) is 24.5 Å². The lowest BCUT2D eigenvalue weighted by atomic mass is 9.82. The van der Waals surface area contributed by atoms with E-state index in [4.69, 9.17) is 4.74 Å². The lowest BCUT2D eigenvalue weighted by Crippen LogP contribution is -2.52. The van der Waals surface area contributed by atoms with E-state index in [-0.39, 0.29) is 30.4 Å². The van der Waals surface area contributed by atoms with E-state index < -0.39 is 0 Å². The summed E-state index contributed by atoms with van der Waals surface area (Å²) in [5, 5.41) is 3.46. The average Bonchev–Trinajstić information content (AvgIpc) is 2.56. The van der Waals surface area contributed by atoms with Gasteiger partial charge in [-0.2, -0.15) is 0 Å². The first-order valence-corrected chi connectivity index (χ1v) is 8.83. The highest BCUT2D eigenvalue weighted by molar-refractivity contribution is 5.85. The first-order chi connectivity index (χ1) is 10.7. The van der Waals surface area contributed by atoms with Crippen molar-refractivity contribution in [2.45, 2.75) is 57.2 Å². The highest BCUT2D eigenvalue weighted by Gasteiger charge is 2.39. The molecule has 1 aromatic rings. The molecule has 0 bridgehead atoms. The molecule has 1 aromatic carbocycles. The van der Waals surface area contributed by atoms with Gasteiger partial charge in [-0.25, -0.2) is 0 Å². The summed E-state index contributed by atoms with van der Waals surface area (Å²) in [4.78, 5) is 2.53. The Morgan fingerprint density at radius 3 is 2.38 bits per heavy atom. The zero-order valence-corrected chi connectivity index (χ0v) is 16.6. The third-order valence-electron chi connectivity index (χ3n) is 5.47. The van der Waals surface area contributed by atoms with E-state index in [2.05, 4.69) is 48.5 Å². The number of hydrogen-bond acceptors (Lipinski definition) is 3. The molecule has 0 aliphatic carbocycles. The highest BCUT2D eigenvalue weighted by atomic mass is 35.5. The van der Waals surface area contributed by atoms with Crippen LogP contribution >= 0.6 is 24.8 Å². The van der Waals surface area contributed by atoms with Crippen LogP contribution in [0.1, 0.15) is 43.7 Å². The summed E-state index contributed by atoms with van der Waals surface area (Å²) in [6.45, 7) is 6.39. The minimum absolute atomic E-state index is 0. The van der Waals surface area contributed by atoms with Crippen LogP contribution in [0.3, 0.4) is 0 Å². The van der Waals surface area contributed by atoms with Crippen molar-refractivity contribution in [2.24, 2.45) is 0 Å². The van der Waals surface area contributed by atoms with Gasteiger partial charge in [0, 0.05) is 19.2 Å². The van der Waals surface area contributed by atoms with Crippen LogP contribution in [0.4, 0.5) is 0 Å². The van der Waals surface area contributed by atoms with E-state index in [1.54, 1.807) is 0 Å². The Balaban J connectivity index is 0.00000144. The van der Waals surface area contributed by atoms with Gasteiger partial charge < -0.3 is 10.1 Å². The molecule has 1 atom stereocenters. The molecule has 1 unspecified atom stereocenters. The Morgan fingerprint density at radius 1 is 1.12 bits per heavy atom. The maximum absolute atomic E-state index is 6.20. The Labute approximate surface area is 159 Å². The molecule has 0 saturated carbocycles. The molecule has 2 heterocycles. The summed E-state index contributed by atoms with van der Waals surface area (Å²) in [6, 6.07) is 9.75. The molecule has 2 saturated heterocycles. The normalized spacial score (nSPS) is 22.7. The largest absolute Gasteiger partial charge is 0.375 e. The predicted molar refractivity (Wildman–Crippen MR) is 106 cm³/mol. The Bertz CT molecular complexity index is 469. The van der Waals surface area contributed by atoms with E-state index in [0.29, 0.717) is 6.04 Å². The van der Waals surface area contributed by atoms with Gasteiger partial charge in [0.05, 0.1) is 5.60 Å². The van der Waals surface area contributed by atoms with Crippen LogP contribution in [0.5, 0.6) is 0 Å². The molecule has 3 nitrogen and oxygen atoms in total. The summed E-state index contributed by atoms with van der Waals surface area (Å²) in [5.41, 5.74) is 2.99. The van der Waals surface area contributed by atoms with E-state index in [0.717, 1.165) is 32.7 Å². The number of piperidine rings is 1. The van der Waals surface area contributed by atoms with Crippen LogP contribution in [0.25, 0.3) is 0 Å². The number of nitrogens with zero attached hydrogens (tertiary/aromatic N) is 1. The van der Waals surface area contributed by atoms with Crippen molar-refractivity contribution in [2.75, 3.05) is 26.7 Å². The SMILES string of the molecule is CCc1ccc(CN(C)C2CCOC3(CCNCC3)C2)cc1.Cl.Cl. The Kier molecular flexibility index (Phi) is 9.03. The smallest absolute Gasteiger partial charge is 0.0721 e. The third-order valence-corrected chi connectivity index (χ3v) is 5.47. The van der Waals surface area contributed by atoms with Crippen molar-refractivity contribution >= 4 is 24.8 Å². The van der Waals surface area contributed by atoms with Gasteiger partial charge in [-0.3, -0.25) is 4.90 Å². The monoisotopic (exact) mass is 374 g/mol. The van der Waals surface area contributed by atoms with E-state index in [9.17, 15) is 0 Å². The zero-order valence-electron chi connectivity index (χ0n) is 14.9. The molecule has 1 spiro atoms. The van der Waals surface area contributed by atoms with Crippen LogP contribution < -0.4 is 5.32 Å². The lowest BCUT2D eigenvalue weighted by molar-refractivity contribution is -0.119. The fourth-order valence-corrected chi connectivity index (χ4v) is 3.91. The molecular formula is C19H32Cl2N2O. The number of benzene rings is 1. The van der Waals surface area contributed by atoms with Crippen LogP contribution in [0, 0.1) is 0 Å². The first kappa shape index (κ1) is 21.7. The number of rotatable bonds is 4. The molecule has 0 aromatic heterocycles. The molecule has 5 heteroatoms. The summed E-state index contributed by atoms with van der Waals surface area (Å²) in [7, 11) is 2.28. The number of halogens is 2. The molecule has 0 amide bonds. The minimum atomic E-state index is 0. The quantitative estimate of drug-likeness (QED) is 0.866. The van der Waals surface area contributed by atoms with E-state index >= 15 is 0 Å². The number of nitrogens with one attached hydrogen (secondary N) is 1. The van der Waals surface area contributed by atoms with Gasteiger partial charge in [0.1, 0.15) is 0 Å². The minimum Gasteiger partial charge on any atom is -0.375 e. The van der Waals surface area contributed by atoms with Crippen LogP contribution in [0.15, 0.2) is 24.3 Å². The molecule has 24 heavy (non-hydrogen) atoms. The predicted octanol–water partition coefficient (Wildman–Crippen LogP) is 3.83. The molecule has 2 aliphatic heterocycles. The average molecular weight is 375 g/mol. The lowest BCUT2D eigenvalue weighted by Gasteiger charge is -2.46. The molecule has 0 radical (unpaired) electrons. The van der Waals surface area contributed by atoms with Crippen molar-refractivity contribution in [3.63, 3.8) is 0 Å². The van der Waals surface area contributed by atoms with Crippen LogP contribution in [0.2, 0.25) is 0 Å². The second kappa shape index (κ2) is 9.98. The summed E-state index contributed by atoms with van der Waals surface area (Å²) < 4.78 is 6.20. The number of aryl methyl sites for hydroxylation is 1. The van der Waals surface area contributed by atoms with Gasteiger partial charge >= 0.3 is 0 Å². The molecule has 1 N–H and O–H groups in total. The van der Waals surface area contributed by atoms with Crippen LogP contribution in [-0.4, -0.2) is 43.3 Å². The highest BCUT2D eigenvalue weighted by Crippen LogP contribution is 2.35. The van der Waals surface area contributed by atoms with Gasteiger partial charge in [0.25, 0.3) is 0 Å². The number of ether oxygens (including phenoxy) is 1. The molecule has 3 rings (SSSR count). The molecule has 2 fully saturated rings. The maximum Gasteiger partial charge on any atom is 0.0721 e. The second-order valence-electron chi connectivity index (χ2n) is 7.01. The van der Waals surface area contributed by atoms with Gasteiger partial charge in [0.2, 0.25) is 0 Å². The van der Waals surface area contributed by atoms with E-state index in [1.807, 2.05) is 0 Å². The summed E-state index contributed by atoms with van der Waals surface area (Å²) in [5.74, 6) is 0. The maximum atomic E-state index is 6.20. The van der Waals surface area contributed by atoms with Gasteiger partial charge in [-0.15, -0.1) is 24.8 Å². The third kappa shape index (κ3) is 5.34. The fourth-order valence-electron chi connectivity index (χ4n) is 3.91. The summed E-state index contributed by atoms with van der Waals surface area (Å²) in [6.07, 6.45) is 5.81. The van der Waals surface area contributed by atoms with Crippen LogP contribution in [-0.2, 0) is 17.7 Å². The Morgan fingerprint density at radius 2 is 1.75 bits per heavy atom. The van der Waals surface area contributed by atoms with Crippen molar-refractivity contribution in [3.05, 3.63) is 35.4 Å². The fraction of sp³-hybridized carbons (Fsp3) is 0.684. The second-order valence-corrected chi connectivity index (χ2v) is 7.01. The van der Waals surface area contributed by atoms with Gasteiger partial charge in [-0.1, -0.05) is 31.2 Å². The van der Waals surface area contributed by atoms with Crippen molar-refractivity contribution < 1.29 is 4.74 Å². The van der Waals surface area contributed by atoms with Crippen molar-refractivity contribution in [3.8, 4) is 0 Å². The van der Waals surface area contributed by atoms with E-state index in [1.165, 1.54) is 36.8 Å². The van der Waals surface area contributed by atoms with Gasteiger partial charge in [-0.05, 0) is 63.4 Å². The first-order valence-electron chi connectivity index (χ1n) is 8.83. The standard InChI is InChI=1S/C19H30N2O.2ClH/c1-3-16-4-6-17(7-5-16)15-21(2)18-8-13-22-19(14-18)9-11-20-12-10-19;;/h4-7,18,20H,3,8-15H2,1-2H3;2*1H. The van der Waals surface area contributed by atoms with Gasteiger partial charge in [0.15, 0.2) is 0 Å². The summed E-state index contributed by atoms with van der Waals surface area (Å²) >= 11 is 0. The Hall–Kier alpha value is -0.320. The molecular weight excluding hydrogens is 343 g/mol. The molecule has 138 valence electrons. The number of hydrogen-bond donors (Lipinski definition) is 1.